The van der Waals surface area contributed by atoms with E-state index in [0.29, 0.717) is 5.82 Å². The van der Waals surface area contributed by atoms with Crippen molar-refractivity contribution in [2.75, 3.05) is 11.9 Å². The molecule has 0 aliphatic heterocycles. The third-order valence-corrected chi connectivity index (χ3v) is 3.34. The van der Waals surface area contributed by atoms with Gasteiger partial charge in [-0.25, -0.2) is 0 Å². The van der Waals surface area contributed by atoms with E-state index in [0.717, 1.165) is 27.7 Å². The Kier molecular flexibility index (Phi) is 3.37. The molecule has 0 radical (unpaired) electrons. The van der Waals surface area contributed by atoms with Gasteiger partial charge in [0.25, 0.3) is 0 Å². The number of aromatic nitrogens is 3. The highest BCUT2D eigenvalue weighted by Gasteiger charge is 2.12. The molecule has 0 aliphatic carbocycles. The molecule has 2 heterocycles. The average Bonchev–Trinajstić information content (AvgIpc) is 2.87. The van der Waals surface area contributed by atoms with Gasteiger partial charge in [0, 0.05) is 22.7 Å². The van der Waals surface area contributed by atoms with Crippen molar-refractivity contribution in [3.8, 4) is 11.3 Å². The van der Waals surface area contributed by atoms with Crippen LogP contribution in [0.15, 0.2) is 36.5 Å². The number of nitrogens with two attached hydrogens (primary N) is 1. The minimum absolute atomic E-state index is 0.0662. The zero-order valence-electron chi connectivity index (χ0n) is 11.6. The Hall–Kier alpha value is -2.73. The number of H-pyrrole nitrogens is 1. The number of hydrogen-bond acceptors (Lipinski definition) is 4. The standard InChI is InChI=1S/C15H15N5O/c1-9-14(19-20-15(9)18-13(21)8-16)11-4-5-12-10(7-11)3-2-6-17-12/h2-7H,8,16H2,1H3,(H2,18,19,20,21). The van der Waals surface area contributed by atoms with Gasteiger partial charge in [0.15, 0.2) is 5.82 Å². The van der Waals surface area contributed by atoms with Crippen molar-refractivity contribution < 1.29 is 4.79 Å². The van der Waals surface area contributed by atoms with Gasteiger partial charge in [-0.1, -0.05) is 12.1 Å². The lowest BCUT2D eigenvalue weighted by Gasteiger charge is -2.03. The summed E-state index contributed by atoms with van der Waals surface area (Å²) in [6.07, 6.45) is 1.77. The third-order valence-electron chi connectivity index (χ3n) is 3.34. The Labute approximate surface area is 121 Å². The molecule has 0 unspecified atom stereocenters. The van der Waals surface area contributed by atoms with Crippen LogP contribution < -0.4 is 11.1 Å². The number of nitrogens with zero attached hydrogens (tertiary/aromatic N) is 2. The molecule has 0 spiro atoms. The van der Waals surface area contributed by atoms with Gasteiger partial charge in [-0.05, 0) is 25.1 Å². The van der Waals surface area contributed by atoms with Crippen molar-refractivity contribution in [3.63, 3.8) is 0 Å². The second-order valence-corrected chi connectivity index (χ2v) is 4.74. The maximum atomic E-state index is 11.4. The number of rotatable bonds is 3. The molecule has 3 aromatic rings. The van der Waals surface area contributed by atoms with E-state index in [1.54, 1.807) is 6.20 Å². The molecule has 0 bridgehead atoms. The van der Waals surface area contributed by atoms with E-state index in [1.165, 1.54) is 0 Å². The molecule has 1 amide bonds. The van der Waals surface area contributed by atoms with Crippen LogP contribution in [-0.2, 0) is 4.79 Å². The zero-order valence-corrected chi connectivity index (χ0v) is 11.6. The monoisotopic (exact) mass is 281 g/mol. The first-order valence-corrected chi connectivity index (χ1v) is 6.59. The van der Waals surface area contributed by atoms with Crippen LogP contribution in [0.3, 0.4) is 0 Å². The van der Waals surface area contributed by atoms with E-state index < -0.39 is 0 Å². The topological polar surface area (TPSA) is 96.7 Å². The molecule has 4 N–H and O–H groups in total. The number of carbonyl (C=O) groups is 1. The van der Waals surface area contributed by atoms with Crippen molar-refractivity contribution in [2.45, 2.75) is 6.92 Å². The van der Waals surface area contributed by atoms with E-state index in [1.807, 2.05) is 37.3 Å². The first-order valence-electron chi connectivity index (χ1n) is 6.59. The van der Waals surface area contributed by atoms with Crippen LogP contribution in [0.4, 0.5) is 5.82 Å². The maximum Gasteiger partial charge on any atom is 0.239 e. The van der Waals surface area contributed by atoms with Gasteiger partial charge in [-0.3, -0.25) is 14.9 Å². The third kappa shape index (κ3) is 2.48. The molecule has 0 saturated heterocycles. The SMILES string of the molecule is Cc1c(NC(=O)CN)n[nH]c1-c1ccc2ncccc2c1. The number of carbonyl (C=O) groups excluding carboxylic acids is 1. The number of aromatic amines is 1. The Morgan fingerprint density at radius 1 is 1.38 bits per heavy atom. The molecule has 0 aliphatic rings. The lowest BCUT2D eigenvalue weighted by molar-refractivity contribution is -0.114. The van der Waals surface area contributed by atoms with Gasteiger partial charge in [0.1, 0.15) is 0 Å². The highest BCUT2D eigenvalue weighted by molar-refractivity contribution is 5.93. The molecule has 3 rings (SSSR count). The Morgan fingerprint density at radius 3 is 3.05 bits per heavy atom. The number of benzene rings is 1. The van der Waals surface area contributed by atoms with Crippen molar-refractivity contribution in [3.05, 3.63) is 42.1 Å². The van der Waals surface area contributed by atoms with Crippen LogP contribution in [0, 0.1) is 6.92 Å². The molecule has 1 aromatic carbocycles. The van der Waals surface area contributed by atoms with Crippen molar-refractivity contribution in [1.82, 2.24) is 15.2 Å². The van der Waals surface area contributed by atoms with Gasteiger partial charge in [-0.15, -0.1) is 0 Å². The second-order valence-electron chi connectivity index (χ2n) is 4.74. The van der Waals surface area contributed by atoms with E-state index in [4.69, 9.17) is 5.73 Å². The number of amides is 1. The van der Waals surface area contributed by atoms with Gasteiger partial charge in [0.05, 0.1) is 17.8 Å². The minimum Gasteiger partial charge on any atom is -0.322 e. The quantitative estimate of drug-likeness (QED) is 0.682. The fourth-order valence-electron chi connectivity index (χ4n) is 2.21. The van der Waals surface area contributed by atoms with Crippen LogP contribution in [0.1, 0.15) is 5.56 Å². The summed E-state index contributed by atoms with van der Waals surface area (Å²) in [4.78, 5) is 15.7. The van der Waals surface area contributed by atoms with E-state index in [-0.39, 0.29) is 12.5 Å². The first kappa shape index (κ1) is 13.3. The van der Waals surface area contributed by atoms with Gasteiger partial charge in [0.2, 0.25) is 5.91 Å². The number of pyridine rings is 1. The lowest BCUT2D eigenvalue weighted by Crippen LogP contribution is -2.22. The summed E-state index contributed by atoms with van der Waals surface area (Å²) in [7, 11) is 0. The van der Waals surface area contributed by atoms with Crippen LogP contribution in [-0.4, -0.2) is 27.6 Å². The molecule has 6 nitrogen and oxygen atoms in total. The van der Waals surface area contributed by atoms with Crippen LogP contribution >= 0.6 is 0 Å². The maximum absolute atomic E-state index is 11.4. The molecular formula is C15H15N5O. The van der Waals surface area contributed by atoms with Gasteiger partial charge >= 0.3 is 0 Å². The van der Waals surface area contributed by atoms with Crippen LogP contribution in [0.5, 0.6) is 0 Å². The summed E-state index contributed by atoms with van der Waals surface area (Å²) in [6.45, 7) is 1.84. The van der Waals surface area contributed by atoms with E-state index in [2.05, 4.69) is 20.5 Å². The normalized spacial score (nSPS) is 10.8. The Bertz CT molecular complexity index is 809. The summed E-state index contributed by atoms with van der Waals surface area (Å²) >= 11 is 0. The van der Waals surface area contributed by atoms with Gasteiger partial charge < -0.3 is 11.1 Å². The van der Waals surface area contributed by atoms with Gasteiger partial charge in [-0.2, -0.15) is 5.10 Å². The smallest absolute Gasteiger partial charge is 0.239 e. The largest absolute Gasteiger partial charge is 0.322 e. The first-order chi connectivity index (χ1) is 10.2. The molecule has 6 heteroatoms. The summed E-state index contributed by atoms with van der Waals surface area (Å²) in [5, 5.41) is 10.8. The highest BCUT2D eigenvalue weighted by Crippen LogP contribution is 2.27. The fourth-order valence-corrected chi connectivity index (χ4v) is 2.21. The predicted molar refractivity (Wildman–Crippen MR) is 81.7 cm³/mol. The predicted octanol–water partition coefficient (Wildman–Crippen LogP) is 1.83. The van der Waals surface area contributed by atoms with Crippen molar-refractivity contribution >= 4 is 22.6 Å². The molecule has 106 valence electrons. The van der Waals surface area contributed by atoms with Crippen molar-refractivity contribution in [2.24, 2.45) is 5.73 Å². The summed E-state index contributed by atoms with van der Waals surface area (Å²) < 4.78 is 0. The number of hydrogen-bond donors (Lipinski definition) is 3. The van der Waals surface area contributed by atoms with Crippen molar-refractivity contribution in [1.29, 1.82) is 0 Å². The Morgan fingerprint density at radius 2 is 2.24 bits per heavy atom. The summed E-state index contributed by atoms with van der Waals surface area (Å²) in [5.74, 6) is 0.241. The van der Waals surface area contributed by atoms with Crippen LogP contribution in [0.2, 0.25) is 0 Å². The molecule has 21 heavy (non-hydrogen) atoms. The summed E-state index contributed by atoms with van der Waals surface area (Å²) in [6, 6.07) is 9.89. The minimum atomic E-state index is -0.265. The molecular weight excluding hydrogens is 266 g/mol. The van der Waals surface area contributed by atoms with E-state index >= 15 is 0 Å². The molecule has 0 fully saturated rings. The fraction of sp³-hybridized carbons (Fsp3) is 0.133. The lowest BCUT2D eigenvalue weighted by atomic mass is 10.1. The number of fused-ring (bicyclic) bond motifs is 1. The molecule has 0 saturated carbocycles. The number of nitrogens with one attached hydrogen (secondary N) is 2. The van der Waals surface area contributed by atoms with E-state index in [9.17, 15) is 4.79 Å². The molecule has 0 atom stereocenters. The Balaban J connectivity index is 2.00. The second kappa shape index (κ2) is 5.34. The highest BCUT2D eigenvalue weighted by atomic mass is 16.1. The summed E-state index contributed by atoms with van der Waals surface area (Å²) in [5.41, 5.74) is 8.97. The number of anilines is 1. The van der Waals surface area contributed by atoms with Crippen LogP contribution in [0.25, 0.3) is 22.2 Å². The molecule has 2 aromatic heterocycles. The average molecular weight is 281 g/mol. The zero-order chi connectivity index (χ0) is 14.8.